The number of hydrogen-bond acceptors (Lipinski definition) is 5. The number of hydrogen-bond donors (Lipinski definition) is 1. The van der Waals surface area contributed by atoms with Crippen LogP contribution in [0.2, 0.25) is 0 Å². The molecule has 1 aromatic rings. The molecule has 1 aromatic carbocycles. The number of aliphatic hydroxyl groups is 1. The third-order valence-electron chi connectivity index (χ3n) is 5.39. The average Bonchev–Trinajstić information content (AvgIpc) is 2.87. The SMILES string of the molecule is CN([C@H]1CS(=O)(=O)C[C@H]1O)S(=O)(=O)c1ccc(C2CCCCC2)cc1. The van der Waals surface area contributed by atoms with E-state index in [0.717, 1.165) is 22.7 Å². The molecule has 2 atom stereocenters. The Morgan fingerprint density at radius 2 is 1.64 bits per heavy atom. The molecule has 1 aliphatic carbocycles. The number of aliphatic hydroxyl groups excluding tert-OH is 1. The summed E-state index contributed by atoms with van der Waals surface area (Å²) in [6.07, 6.45) is 4.77. The van der Waals surface area contributed by atoms with E-state index >= 15 is 0 Å². The second-order valence-corrected chi connectivity index (χ2v) is 11.3. The third kappa shape index (κ3) is 3.92. The summed E-state index contributed by atoms with van der Waals surface area (Å²) in [5.74, 6) is -0.243. The van der Waals surface area contributed by atoms with Crippen molar-refractivity contribution in [3.63, 3.8) is 0 Å². The molecule has 1 aliphatic heterocycles. The first-order valence-electron chi connectivity index (χ1n) is 8.67. The molecule has 0 aromatic heterocycles. The van der Waals surface area contributed by atoms with Crippen molar-refractivity contribution in [3.05, 3.63) is 29.8 Å². The highest BCUT2D eigenvalue weighted by molar-refractivity contribution is 7.92. The summed E-state index contributed by atoms with van der Waals surface area (Å²) in [7, 11) is -5.92. The summed E-state index contributed by atoms with van der Waals surface area (Å²) in [5, 5.41) is 9.93. The molecule has 3 rings (SSSR count). The van der Waals surface area contributed by atoms with Crippen LogP contribution in [0.5, 0.6) is 0 Å². The lowest BCUT2D eigenvalue weighted by Crippen LogP contribution is -2.44. The van der Waals surface area contributed by atoms with Gasteiger partial charge in [-0.1, -0.05) is 31.4 Å². The van der Waals surface area contributed by atoms with Crippen LogP contribution in [0.1, 0.15) is 43.6 Å². The van der Waals surface area contributed by atoms with E-state index in [9.17, 15) is 21.9 Å². The van der Waals surface area contributed by atoms with Crippen LogP contribution in [0, 0.1) is 0 Å². The van der Waals surface area contributed by atoms with Gasteiger partial charge in [-0.15, -0.1) is 0 Å². The second-order valence-electron chi connectivity index (χ2n) is 7.14. The number of sulfone groups is 1. The van der Waals surface area contributed by atoms with E-state index in [2.05, 4.69) is 0 Å². The van der Waals surface area contributed by atoms with Crippen molar-refractivity contribution < 1.29 is 21.9 Å². The normalized spacial score (nSPS) is 27.6. The van der Waals surface area contributed by atoms with Crippen LogP contribution in [0.3, 0.4) is 0 Å². The smallest absolute Gasteiger partial charge is 0.243 e. The highest BCUT2D eigenvalue weighted by Gasteiger charge is 2.43. The van der Waals surface area contributed by atoms with E-state index in [1.165, 1.54) is 26.3 Å². The number of nitrogens with zero attached hydrogens (tertiary/aromatic N) is 1. The van der Waals surface area contributed by atoms with Gasteiger partial charge in [0.1, 0.15) is 0 Å². The van der Waals surface area contributed by atoms with Gasteiger partial charge in [-0.25, -0.2) is 16.8 Å². The maximum absolute atomic E-state index is 12.8. The van der Waals surface area contributed by atoms with Crippen molar-refractivity contribution in [1.82, 2.24) is 4.31 Å². The monoisotopic (exact) mass is 387 g/mol. The zero-order valence-corrected chi connectivity index (χ0v) is 16.0. The molecule has 2 fully saturated rings. The van der Waals surface area contributed by atoms with E-state index < -0.39 is 37.8 Å². The Morgan fingerprint density at radius 3 is 2.16 bits per heavy atom. The predicted octanol–water partition coefficient (Wildman–Crippen LogP) is 1.51. The highest BCUT2D eigenvalue weighted by atomic mass is 32.2. The van der Waals surface area contributed by atoms with Gasteiger partial charge in [-0.3, -0.25) is 0 Å². The minimum atomic E-state index is -3.84. The minimum absolute atomic E-state index is 0.131. The lowest BCUT2D eigenvalue weighted by molar-refractivity contribution is 0.137. The molecular weight excluding hydrogens is 362 g/mol. The van der Waals surface area contributed by atoms with E-state index in [1.807, 2.05) is 12.1 Å². The Labute approximate surface area is 149 Å². The first-order valence-corrected chi connectivity index (χ1v) is 11.9. The minimum Gasteiger partial charge on any atom is -0.390 e. The largest absolute Gasteiger partial charge is 0.390 e. The second kappa shape index (κ2) is 6.98. The molecule has 25 heavy (non-hydrogen) atoms. The molecule has 0 amide bonds. The Hall–Kier alpha value is -0.960. The number of likely N-dealkylation sites (N-methyl/N-ethyl adjacent to an activating group) is 1. The fourth-order valence-corrected chi connectivity index (χ4v) is 7.17. The molecule has 0 radical (unpaired) electrons. The van der Waals surface area contributed by atoms with Crippen LogP contribution in [0.15, 0.2) is 29.2 Å². The van der Waals surface area contributed by atoms with Gasteiger partial charge < -0.3 is 5.11 Å². The topological polar surface area (TPSA) is 91.8 Å². The molecule has 140 valence electrons. The van der Waals surface area contributed by atoms with Crippen molar-refractivity contribution in [2.75, 3.05) is 18.6 Å². The maximum Gasteiger partial charge on any atom is 0.243 e. The van der Waals surface area contributed by atoms with Crippen LogP contribution in [-0.4, -0.2) is 56.9 Å². The molecule has 1 saturated carbocycles. The van der Waals surface area contributed by atoms with E-state index in [4.69, 9.17) is 0 Å². The first kappa shape index (κ1) is 18.8. The van der Waals surface area contributed by atoms with Crippen LogP contribution in [0.25, 0.3) is 0 Å². The quantitative estimate of drug-likeness (QED) is 0.846. The summed E-state index contributed by atoms with van der Waals surface area (Å²) in [4.78, 5) is 0.131. The van der Waals surface area contributed by atoms with Gasteiger partial charge in [0.15, 0.2) is 9.84 Å². The van der Waals surface area contributed by atoms with Gasteiger partial charge in [0.2, 0.25) is 10.0 Å². The summed E-state index contributed by atoms with van der Waals surface area (Å²) in [5.41, 5.74) is 1.16. The lowest BCUT2D eigenvalue weighted by Gasteiger charge is -2.26. The van der Waals surface area contributed by atoms with Gasteiger partial charge in [0.05, 0.1) is 28.5 Å². The van der Waals surface area contributed by atoms with Crippen LogP contribution >= 0.6 is 0 Å². The van der Waals surface area contributed by atoms with Crippen molar-refractivity contribution in [2.45, 2.75) is 55.1 Å². The fourth-order valence-electron chi connectivity index (χ4n) is 3.85. The summed E-state index contributed by atoms with van der Waals surface area (Å²) >= 11 is 0. The average molecular weight is 388 g/mol. The third-order valence-corrected chi connectivity index (χ3v) is 8.99. The van der Waals surface area contributed by atoms with Crippen molar-refractivity contribution >= 4 is 19.9 Å². The van der Waals surface area contributed by atoms with Crippen LogP contribution in [-0.2, 0) is 19.9 Å². The van der Waals surface area contributed by atoms with Crippen LogP contribution in [0.4, 0.5) is 0 Å². The Bertz CT molecular complexity index is 811. The van der Waals surface area contributed by atoms with E-state index in [0.29, 0.717) is 5.92 Å². The molecule has 1 N–H and O–H groups in total. The molecule has 0 unspecified atom stereocenters. The molecule has 1 saturated heterocycles. The Balaban J connectivity index is 1.80. The lowest BCUT2D eigenvalue weighted by atomic mass is 9.84. The molecule has 6 nitrogen and oxygen atoms in total. The van der Waals surface area contributed by atoms with Gasteiger partial charge in [-0.05, 0) is 36.5 Å². The maximum atomic E-state index is 12.8. The zero-order valence-electron chi connectivity index (χ0n) is 14.3. The Morgan fingerprint density at radius 1 is 1.04 bits per heavy atom. The molecule has 0 bridgehead atoms. The number of rotatable bonds is 4. The molecule has 0 spiro atoms. The predicted molar refractivity (Wildman–Crippen MR) is 95.7 cm³/mol. The zero-order chi connectivity index (χ0) is 18.2. The fraction of sp³-hybridized carbons (Fsp3) is 0.647. The van der Waals surface area contributed by atoms with Gasteiger partial charge in [-0.2, -0.15) is 4.31 Å². The molecule has 1 heterocycles. The van der Waals surface area contributed by atoms with Gasteiger partial charge in [0, 0.05) is 7.05 Å². The van der Waals surface area contributed by atoms with Crippen molar-refractivity contribution in [1.29, 1.82) is 0 Å². The van der Waals surface area contributed by atoms with Gasteiger partial charge >= 0.3 is 0 Å². The Kier molecular flexibility index (Phi) is 5.26. The van der Waals surface area contributed by atoms with Gasteiger partial charge in [0.25, 0.3) is 0 Å². The number of benzene rings is 1. The molecular formula is C17H25NO5S2. The molecule has 8 heteroatoms. The summed E-state index contributed by atoms with van der Waals surface area (Å²) < 4.78 is 49.9. The van der Waals surface area contributed by atoms with E-state index in [-0.39, 0.29) is 10.6 Å². The highest BCUT2D eigenvalue weighted by Crippen LogP contribution is 2.33. The number of sulfonamides is 1. The summed E-state index contributed by atoms with van der Waals surface area (Å²) in [6, 6.07) is 5.96. The molecule has 2 aliphatic rings. The van der Waals surface area contributed by atoms with Crippen LogP contribution < -0.4 is 0 Å². The standard InChI is InChI=1S/C17H25NO5S2/c1-18(16-11-24(20,21)12-17(16)19)25(22,23)15-9-7-14(8-10-15)13-5-3-2-4-6-13/h7-10,13,16-17,19H,2-6,11-12H2,1H3/t16-,17+/m0/s1. The first-order chi connectivity index (χ1) is 11.7. The van der Waals surface area contributed by atoms with Crippen molar-refractivity contribution in [3.8, 4) is 0 Å². The summed E-state index contributed by atoms with van der Waals surface area (Å²) in [6.45, 7) is 0. The van der Waals surface area contributed by atoms with Crippen molar-refractivity contribution in [2.24, 2.45) is 0 Å². The van der Waals surface area contributed by atoms with E-state index in [1.54, 1.807) is 12.1 Å².